The van der Waals surface area contributed by atoms with Crippen molar-refractivity contribution in [2.75, 3.05) is 5.32 Å². The molecule has 2 rings (SSSR count). The standard InChI is InChI=1S/C9H8N4O2S/c14-8(15)7-1-2-11-9(13-7)12-4-6-3-10-5-16-6/h1-3,5H,4H2,(H,14,15)(H,11,12,13). The highest BCUT2D eigenvalue weighted by molar-refractivity contribution is 7.09. The summed E-state index contributed by atoms with van der Waals surface area (Å²) < 4.78 is 0. The van der Waals surface area contributed by atoms with E-state index in [0.717, 1.165) is 4.88 Å². The molecule has 0 bridgehead atoms. The zero-order valence-corrected chi connectivity index (χ0v) is 8.94. The summed E-state index contributed by atoms with van der Waals surface area (Å²) in [6.07, 6.45) is 3.14. The number of carboxylic acid groups (broad SMARTS) is 1. The molecule has 6 nitrogen and oxygen atoms in total. The van der Waals surface area contributed by atoms with Crippen molar-refractivity contribution in [3.8, 4) is 0 Å². The Kier molecular flexibility index (Phi) is 3.06. The van der Waals surface area contributed by atoms with Gasteiger partial charge in [-0.3, -0.25) is 4.98 Å². The number of aromatic carboxylic acids is 1. The molecule has 0 amide bonds. The highest BCUT2D eigenvalue weighted by atomic mass is 32.1. The molecule has 0 aliphatic rings. The van der Waals surface area contributed by atoms with Crippen LogP contribution >= 0.6 is 11.3 Å². The van der Waals surface area contributed by atoms with Crippen LogP contribution in [0.1, 0.15) is 15.4 Å². The molecule has 0 spiro atoms. The number of hydrogen-bond acceptors (Lipinski definition) is 6. The number of hydrogen-bond donors (Lipinski definition) is 2. The molecule has 0 fully saturated rings. The topological polar surface area (TPSA) is 88.0 Å². The van der Waals surface area contributed by atoms with Crippen LogP contribution in [0.4, 0.5) is 5.95 Å². The molecule has 0 saturated heterocycles. The van der Waals surface area contributed by atoms with Gasteiger partial charge in [0.15, 0.2) is 5.69 Å². The van der Waals surface area contributed by atoms with Crippen molar-refractivity contribution in [2.45, 2.75) is 6.54 Å². The van der Waals surface area contributed by atoms with E-state index in [1.165, 1.54) is 23.6 Å². The number of rotatable bonds is 4. The van der Waals surface area contributed by atoms with E-state index in [2.05, 4.69) is 20.3 Å². The number of anilines is 1. The van der Waals surface area contributed by atoms with E-state index < -0.39 is 5.97 Å². The van der Waals surface area contributed by atoms with E-state index in [4.69, 9.17) is 5.11 Å². The first kappa shape index (κ1) is 10.5. The molecule has 16 heavy (non-hydrogen) atoms. The van der Waals surface area contributed by atoms with Gasteiger partial charge >= 0.3 is 5.97 Å². The zero-order chi connectivity index (χ0) is 11.4. The van der Waals surface area contributed by atoms with Crippen LogP contribution in [0.2, 0.25) is 0 Å². The van der Waals surface area contributed by atoms with E-state index in [9.17, 15) is 4.79 Å². The summed E-state index contributed by atoms with van der Waals surface area (Å²) in [5, 5.41) is 11.7. The molecule has 2 aromatic rings. The van der Waals surface area contributed by atoms with E-state index in [1.54, 1.807) is 11.7 Å². The third kappa shape index (κ3) is 2.51. The minimum absolute atomic E-state index is 0.0261. The highest BCUT2D eigenvalue weighted by Crippen LogP contribution is 2.08. The predicted octanol–water partition coefficient (Wildman–Crippen LogP) is 1.24. The van der Waals surface area contributed by atoms with Gasteiger partial charge in [-0.05, 0) is 6.07 Å². The molecule has 0 aliphatic carbocycles. The lowest BCUT2D eigenvalue weighted by atomic mass is 10.4. The van der Waals surface area contributed by atoms with Gasteiger partial charge in [0.05, 0.1) is 12.1 Å². The Bertz CT molecular complexity index is 486. The van der Waals surface area contributed by atoms with Crippen molar-refractivity contribution in [3.63, 3.8) is 0 Å². The van der Waals surface area contributed by atoms with Crippen molar-refractivity contribution >= 4 is 23.3 Å². The van der Waals surface area contributed by atoms with Gasteiger partial charge in [-0.2, -0.15) is 0 Å². The van der Waals surface area contributed by atoms with Gasteiger partial charge in [0, 0.05) is 17.3 Å². The fourth-order valence-corrected chi connectivity index (χ4v) is 1.59. The van der Waals surface area contributed by atoms with E-state index in [1.807, 2.05) is 0 Å². The lowest BCUT2D eigenvalue weighted by Crippen LogP contribution is -2.07. The summed E-state index contributed by atoms with van der Waals surface area (Å²) in [6, 6.07) is 1.35. The molecule has 0 atom stereocenters. The highest BCUT2D eigenvalue weighted by Gasteiger charge is 2.05. The van der Waals surface area contributed by atoms with Gasteiger partial charge < -0.3 is 10.4 Å². The van der Waals surface area contributed by atoms with Crippen LogP contribution in [-0.2, 0) is 6.54 Å². The van der Waals surface area contributed by atoms with Gasteiger partial charge in [-0.25, -0.2) is 14.8 Å². The maximum Gasteiger partial charge on any atom is 0.354 e. The molecular formula is C9H8N4O2S. The second kappa shape index (κ2) is 4.67. The number of thiazole rings is 1. The van der Waals surface area contributed by atoms with Crippen LogP contribution in [0.3, 0.4) is 0 Å². The summed E-state index contributed by atoms with van der Waals surface area (Å²) in [5.41, 5.74) is 1.70. The number of carbonyl (C=O) groups is 1. The quantitative estimate of drug-likeness (QED) is 0.830. The monoisotopic (exact) mass is 236 g/mol. The first-order valence-corrected chi connectivity index (χ1v) is 5.31. The summed E-state index contributed by atoms with van der Waals surface area (Å²) in [4.78, 5) is 23.4. The molecule has 0 aliphatic heterocycles. The molecule has 2 N–H and O–H groups in total. The normalized spacial score (nSPS) is 10.0. The smallest absolute Gasteiger partial charge is 0.354 e. The number of aromatic nitrogens is 3. The van der Waals surface area contributed by atoms with Gasteiger partial charge in [-0.15, -0.1) is 11.3 Å². The second-order valence-corrected chi connectivity index (χ2v) is 3.86. The number of nitrogens with one attached hydrogen (secondary N) is 1. The van der Waals surface area contributed by atoms with Crippen LogP contribution in [0, 0.1) is 0 Å². The lowest BCUT2D eigenvalue weighted by molar-refractivity contribution is 0.0690. The zero-order valence-electron chi connectivity index (χ0n) is 8.12. The van der Waals surface area contributed by atoms with Crippen molar-refractivity contribution in [3.05, 3.63) is 34.5 Å². The second-order valence-electron chi connectivity index (χ2n) is 2.89. The van der Waals surface area contributed by atoms with Gasteiger partial charge in [0.25, 0.3) is 0 Å². The maximum atomic E-state index is 10.7. The van der Waals surface area contributed by atoms with Gasteiger partial charge in [0.2, 0.25) is 5.95 Å². The van der Waals surface area contributed by atoms with E-state index >= 15 is 0 Å². The minimum atomic E-state index is -1.07. The Labute approximate surface area is 95.0 Å². The van der Waals surface area contributed by atoms with Crippen LogP contribution in [0.5, 0.6) is 0 Å². The van der Waals surface area contributed by atoms with E-state index in [-0.39, 0.29) is 5.69 Å². The lowest BCUT2D eigenvalue weighted by Gasteiger charge is -2.02. The molecular weight excluding hydrogens is 228 g/mol. The molecule has 82 valence electrons. The molecule has 0 radical (unpaired) electrons. The van der Waals surface area contributed by atoms with Crippen LogP contribution < -0.4 is 5.32 Å². The van der Waals surface area contributed by atoms with Crippen molar-refractivity contribution in [1.29, 1.82) is 0 Å². The van der Waals surface area contributed by atoms with Crippen molar-refractivity contribution in [1.82, 2.24) is 15.0 Å². The van der Waals surface area contributed by atoms with Crippen LogP contribution in [0.15, 0.2) is 24.0 Å². The summed E-state index contributed by atoms with van der Waals surface area (Å²) >= 11 is 1.51. The minimum Gasteiger partial charge on any atom is -0.477 e. The fraction of sp³-hybridized carbons (Fsp3) is 0.111. The first-order chi connectivity index (χ1) is 7.75. The molecule has 7 heteroatoms. The SMILES string of the molecule is O=C(O)c1ccnc(NCc2cncs2)n1. The van der Waals surface area contributed by atoms with Crippen molar-refractivity contribution < 1.29 is 9.90 Å². The number of nitrogens with zero attached hydrogens (tertiary/aromatic N) is 3. The average molecular weight is 236 g/mol. The van der Waals surface area contributed by atoms with Gasteiger partial charge in [-0.1, -0.05) is 0 Å². The van der Waals surface area contributed by atoms with E-state index in [0.29, 0.717) is 12.5 Å². The molecule has 0 saturated carbocycles. The first-order valence-electron chi connectivity index (χ1n) is 4.43. The molecule has 0 unspecified atom stereocenters. The number of carboxylic acids is 1. The summed E-state index contributed by atoms with van der Waals surface area (Å²) in [7, 11) is 0. The summed E-state index contributed by atoms with van der Waals surface area (Å²) in [5.74, 6) is -0.767. The van der Waals surface area contributed by atoms with Gasteiger partial charge in [0.1, 0.15) is 0 Å². The average Bonchev–Trinajstić information content (AvgIpc) is 2.79. The molecule has 2 aromatic heterocycles. The summed E-state index contributed by atoms with van der Waals surface area (Å²) in [6.45, 7) is 0.535. The Balaban J connectivity index is 2.04. The Morgan fingerprint density at radius 1 is 1.56 bits per heavy atom. The third-order valence-corrected chi connectivity index (χ3v) is 2.56. The Morgan fingerprint density at radius 3 is 3.12 bits per heavy atom. The van der Waals surface area contributed by atoms with Crippen LogP contribution in [0.25, 0.3) is 0 Å². The molecule has 2 heterocycles. The largest absolute Gasteiger partial charge is 0.477 e. The Morgan fingerprint density at radius 2 is 2.44 bits per heavy atom. The van der Waals surface area contributed by atoms with Crippen molar-refractivity contribution in [2.24, 2.45) is 0 Å². The van der Waals surface area contributed by atoms with Crippen LogP contribution in [-0.4, -0.2) is 26.0 Å². The maximum absolute atomic E-state index is 10.7. The third-order valence-electron chi connectivity index (χ3n) is 1.78. The Hall–Kier alpha value is -2.02. The molecule has 0 aromatic carbocycles. The fourth-order valence-electron chi connectivity index (χ4n) is 1.06. The predicted molar refractivity (Wildman–Crippen MR) is 58.4 cm³/mol.